The van der Waals surface area contributed by atoms with Gasteiger partial charge in [0.15, 0.2) is 0 Å². The quantitative estimate of drug-likeness (QED) is 0.683. The Morgan fingerprint density at radius 1 is 1.32 bits per heavy atom. The molecule has 0 radical (unpaired) electrons. The van der Waals surface area contributed by atoms with E-state index in [0.717, 1.165) is 25.3 Å². The lowest BCUT2D eigenvalue weighted by Gasteiger charge is -2.06. The van der Waals surface area contributed by atoms with Crippen LogP contribution in [0.2, 0.25) is 0 Å². The van der Waals surface area contributed by atoms with E-state index in [1.807, 2.05) is 24.8 Å². The zero-order valence-electron chi connectivity index (χ0n) is 11.7. The Morgan fingerprint density at radius 3 is 2.79 bits per heavy atom. The first-order valence-electron chi connectivity index (χ1n) is 6.75. The third-order valence-corrected chi connectivity index (χ3v) is 3.39. The molecule has 0 bridgehead atoms. The summed E-state index contributed by atoms with van der Waals surface area (Å²) in [5.74, 6) is 1.96. The molecule has 0 atom stereocenters. The smallest absolute Gasteiger partial charge is 0.252 e. The van der Waals surface area contributed by atoms with Gasteiger partial charge in [0.1, 0.15) is 5.82 Å². The molecule has 0 unspecified atom stereocenters. The van der Waals surface area contributed by atoms with Crippen molar-refractivity contribution in [3.63, 3.8) is 0 Å². The third-order valence-electron chi connectivity index (χ3n) is 2.69. The zero-order chi connectivity index (χ0) is 13.9. The van der Waals surface area contributed by atoms with Crippen molar-refractivity contribution in [3.8, 4) is 0 Å². The summed E-state index contributed by atoms with van der Waals surface area (Å²) in [5, 5.41) is 6.02. The van der Waals surface area contributed by atoms with Crippen LogP contribution in [0.5, 0.6) is 0 Å². The highest BCUT2D eigenvalue weighted by molar-refractivity contribution is 7.98. The van der Waals surface area contributed by atoms with Crippen LogP contribution in [0.25, 0.3) is 0 Å². The van der Waals surface area contributed by atoms with E-state index in [-0.39, 0.29) is 5.91 Å². The van der Waals surface area contributed by atoms with Gasteiger partial charge in [0.05, 0.1) is 5.56 Å². The lowest BCUT2D eigenvalue weighted by Crippen LogP contribution is -2.24. The maximum atomic E-state index is 11.8. The molecule has 5 heteroatoms. The van der Waals surface area contributed by atoms with E-state index in [2.05, 4.69) is 21.9 Å². The van der Waals surface area contributed by atoms with Gasteiger partial charge in [0.2, 0.25) is 0 Å². The van der Waals surface area contributed by atoms with Crippen molar-refractivity contribution in [2.45, 2.75) is 26.2 Å². The second-order valence-corrected chi connectivity index (χ2v) is 5.26. The van der Waals surface area contributed by atoms with Gasteiger partial charge in [-0.1, -0.05) is 6.42 Å². The van der Waals surface area contributed by atoms with Crippen molar-refractivity contribution in [2.24, 2.45) is 0 Å². The van der Waals surface area contributed by atoms with Gasteiger partial charge < -0.3 is 10.6 Å². The molecule has 1 rings (SSSR count). The number of aromatic nitrogens is 1. The molecule has 1 heterocycles. The van der Waals surface area contributed by atoms with Crippen LogP contribution in [0.4, 0.5) is 5.82 Å². The molecule has 0 saturated heterocycles. The third kappa shape index (κ3) is 6.47. The number of carbonyl (C=O) groups is 1. The Kier molecular flexibility index (Phi) is 8.05. The molecule has 1 aromatic heterocycles. The molecular weight excluding hydrogens is 258 g/mol. The first-order chi connectivity index (χ1) is 9.27. The number of pyridine rings is 1. The van der Waals surface area contributed by atoms with E-state index >= 15 is 0 Å². The lowest BCUT2D eigenvalue weighted by molar-refractivity contribution is 0.0952. The fourth-order valence-corrected chi connectivity index (χ4v) is 2.16. The molecule has 4 nitrogen and oxygen atoms in total. The van der Waals surface area contributed by atoms with Gasteiger partial charge in [0.25, 0.3) is 5.91 Å². The first-order valence-corrected chi connectivity index (χ1v) is 8.14. The fraction of sp³-hybridized carbons (Fsp3) is 0.571. The number of hydrogen-bond donors (Lipinski definition) is 2. The average molecular weight is 281 g/mol. The van der Waals surface area contributed by atoms with Gasteiger partial charge in [-0.2, -0.15) is 11.8 Å². The van der Waals surface area contributed by atoms with Crippen molar-refractivity contribution in [1.82, 2.24) is 10.3 Å². The molecule has 2 N–H and O–H groups in total. The van der Waals surface area contributed by atoms with E-state index in [1.54, 1.807) is 12.3 Å². The molecule has 0 saturated carbocycles. The van der Waals surface area contributed by atoms with Gasteiger partial charge in [-0.15, -0.1) is 0 Å². The van der Waals surface area contributed by atoms with Crippen LogP contribution >= 0.6 is 11.8 Å². The highest BCUT2D eigenvalue weighted by Gasteiger charge is 2.04. The number of carbonyl (C=O) groups excluding carboxylic acids is 1. The standard InChI is InChI=1S/C14H23N3OS/c1-3-15-13-8-7-12(11-17-13)14(18)16-9-5-4-6-10-19-2/h7-8,11H,3-6,9-10H2,1-2H3,(H,15,17)(H,16,18). The largest absolute Gasteiger partial charge is 0.370 e. The summed E-state index contributed by atoms with van der Waals surface area (Å²) in [6, 6.07) is 3.63. The van der Waals surface area contributed by atoms with Crippen LogP contribution in [0.1, 0.15) is 36.5 Å². The molecule has 19 heavy (non-hydrogen) atoms. The van der Waals surface area contributed by atoms with Crippen molar-refractivity contribution >= 4 is 23.5 Å². The lowest BCUT2D eigenvalue weighted by atomic mass is 10.2. The molecule has 1 amide bonds. The van der Waals surface area contributed by atoms with E-state index in [0.29, 0.717) is 5.56 Å². The van der Waals surface area contributed by atoms with Gasteiger partial charge in [-0.05, 0) is 43.9 Å². The number of unbranched alkanes of at least 4 members (excludes halogenated alkanes) is 2. The van der Waals surface area contributed by atoms with Gasteiger partial charge in [-0.3, -0.25) is 4.79 Å². The number of rotatable bonds is 9. The Labute approximate surface area is 119 Å². The highest BCUT2D eigenvalue weighted by atomic mass is 32.2. The minimum atomic E-state index is -0.0413. The van der Waals surface area contributed by atoms with Crippen LogP contribution < -0.4 is 10.6 Å². The van der Waals surface area contributed by atoms with E-state index in [1.165, 1.54) is 18.6 Å². The van der Waals surface area contributed by atoms with E-state index in [4.69, 9.17) is 0 Å². The Balaban J connectivity index is 2.25. The van der Waals surface area contributed by atoms with Crippen molar-refractivity contribution in [1.29, 1.82) is 0 Å². The Hall–Kier alpha value is -1.23. The number of nitrogens with one attached hydrogen (secondary N) is 2. The Morgan fingerprint density at radius 2 is 2.16 bits per heavy atom. The van der Waals surface area contributed by atoms with Crippen molar-refractivity contribution in [2.75, 3.05) is 30.4 Å². The molecule has 0 fully saturated rings. The Bertz CT molecular complexity index is 367. The van der Waals surface area contributed by atoms with Crippen LogP contribution in [-0.4, -0.2) is 36.0 Å². The summed E-state index contributed by atoms with van der Waals surface area (Å²) in [6.07, 6.45) is 7.15. The molecular formula is C14H23N3OS. The maximum Gasteiger partial charge on any atom is 0.252 e. The van der Waals surface area contributed by atoms with Crippen molar-refractivity contribution < 1.29 is 4.79 Å². The summed E-state index contributed by atoms with van der Waals surface area (Å²) in [5.41, 5.74) is 0.616. The molecule has 0 aliphatic rings. The average Bonchev–Trinajstić information content (AvgIpc) is 2.43. The number of hydrogen-bond acceptors (Lipinski definition) is 4. The minimum absolute atomic E-state index is 0.0413. The molecule has 0 spiro atoms. The summed E-state index contributed by atoms with van der Waals surface area (Å²) in [4.78, 5) is 16.0. The van der Waals surface area contributed by atoms with Gasteiger partial charge in [-0.25, -0.2) is 4.98 Å². The molecule has 0 aromatic carbocycles. The van der Waals surface area contributed by atoms with E-state index in [9.17, 15) is 4.79 Å². The molecule has 0 aliphatic carbocycles. The predicted molar refractivity (Wildman–Crippen MR) is 83.0 cm³/mol. The summed E-state index contributed by atoms with van der Waals surface area (Å²) < 4.78 is 0. The van der Waals surface area contributed by atoms with Crippen LogP contribution in [0.3, 0.4) is 0 Å². The SMILES string of the molecule is CCNc1ccc(C(=O)NCCCCCSC)cn1. The fourth-order valence-electron chi connectivity index (χ4n) is 1.67. The van der Waals surface area contributed by atoms with Crippen molar-refractivity contribution in [3.05, 3.63) is 23.9 Å². The number of nitrogens with zero attached hydrogens (tertiary/aromatic N) is 1. The summed E-state index contributed by atoms with van der Waals surface area (Å²) >= 11 is 1.87. The first kappa shape index (κ1) is 15.8. The monoisotopic (exact) mass is 281 g/mol. The molecule has 106 valence electrons. The molecule has 1 aromatic rings. The number of amides is 1. The minimum Gasteiger partial charge on any atom is -0.370 e. The highest BCUT2D eigenvalue weighted by Crippen LogP contribution is 2.05. The van der Waals surface area contributed by atoms with Crippen LogP contribution in [0, 0.1) is 0 Å². The van der Waals surface area contributed by atoms with Gasteiger partial charge >= 0.3 is 0 Å². The van der Waals surface area contributed by atoms with E-state index < -0.39 is 0 Å². The predicted octanol–water partition coefficient (Wildman–Crippen LogP) is 2.78. The number of anilines is 1. The summed E-state index contributed by atoms with van der Waals surface area (Å²) in [6.45, 7) is 3.58. The maximum absolute atomic E-state index is 11.8. The van der Waals surface area contributed by atoms with Crippen LogP contribution in [0.15, 0.2) is 18.3 Å². The molecule has 0 aliphatic heterocycles. The topological polar surface area (TPSA) is 54.0 Å². The van der Waals surface area contributed by atoms with Crippen LogP contribution in [-0.2, 0) is 0 Å². The normalized spacial score (nSPS) is 10.2. The zero-order valence-corrected chi connectivity index (χ0v) is 12.6. The number of thioether (sulfide) groups is 1. The summed E-state index contributed by atoms with van der Waals surface area (Å²) in [7, 11) is 0. The second kappa shape index (κ2) is 9.67. The van der Waals surface area contributed by atoms with Gasteiger partial charge in [0, 0.05) is 19.3 Å². The second-order valence-electron chi connectivity index (χ2n) is 4.27.